The molecule has 0 saturated heterocycles. The number of benzene rings is 1. The van der Waals surface area contributed by atoms with Crippen LogP contribution in [0.1, 0.15) is 36.6 Å². The first-order valence-corrected chi connectivity index (χ1v) is 9.51. The van der Waals surface area contributed by atoms with Gasteiger partial charge in [-0.1, -0.05) is 29.3 Å². The minimum atomic E-state index is -0.0512. The second-order valence-corrected chi connectivity index (χ2v) is 7.04. The number of halogens is 3. The molecule has 1 heterocycles. The third-order valence-electron chi connectivity index (χ3n) is 4.16. The lowest BCUT2D eigenvalue weighted by atomic mass is 10.1. The van der Waals surface area contributed by atoms with Crippen LogP contribution in [0.15, 0.2) is 23.2 Å². The van der Waals surface area contributed by atoms with Crippen molar-refractivity contribution in [2.75, 3.05) is 20.3 Å². The molecule has 0 radical (unpaired) electrons. The molecule has 2 N–H and O–H groups in total. The molecule has 2 rings (SSSR count). The fourth-order valence-corrected chi connectivity index (χ4v) is 3.02. The molecule has 0 amide bonds. The smallest absolute Gasteiger partial charge is 0.192 e. The van der Waals surface area contributed by atoms with Crippen molar-refractivity contribution in [1.29, 1.82) is 0 Å². The molecule has 2 aromatic rings. The number of guanidine groups is 1. The standard InChI is InChI=1S/C18H26Cl2N6O.HI/c1-12(15-7-6-14(19)10-16(15)20)23-18(21-8-5-9-27-4)22-11-17-25-24-13(2)26(17)3;/h6-7,10,12H,5,8-9,11H2,1-4H3,(H2,21,22,23);1H. The molecule has 10 heteroatoms. The summed E-state index contributed by atoms with van der Waals surface area (Å²) in [5.74, 6) is 2.32. The van der Waals surface area contributed by atoms with E-state index in [1.54, 1.807) is 13.2 Å². The Morgan fingerprint density at radius 3 is 2.68 bits per heavy atom. The lowest BCUT2D eigenvalue weighted by molar-refractivity contribution is 0.195. The van der Waals surface area contributed by atoms with E-state index in [1.165, 1.54) is 0 Å². The van der Waals surface area contributed by atoms with Crippen LogP contribution >= 0.6 is 47.2 Å². The van der Waals surface area contributed by atoms with Crippen molar-refractivity contribution in [3.05, 3.63) is 45.5 Å². The molecule has 28 heavy (non-hydrogen) atoms. The molecule has 1 unspecified atom stereocenters. The van der Waals surface area contributed by atoms with Crippen LogP contribution in [0.5, 0.6) is 0 Å². The lowest BCUT2D eigenvalue weighted by Gasteiger charge is -2.20. The summed E-state index contributed by atoms with van der Waals surface area (Å²) >= 11 is 12.3. The number of aromatic nitrogens is 3. The Kier molecular flexibility index (Phi) is 11.1. The number of methoxy groups -OCH3 is 1. The van der Waals surface area contributed by atoms with Crippen molar-refractivity contribution in [2.24, 2.45) is 12.0 Å². The van der Waals surface area contributed by atoms with Crippen LogP contribution in [0.3, 0.4) is 0 Å². The van der Waals surface area contributed by atoms with E-state index in [-0.39, 0.29) is 30.0 Å². The second kappa shape index (κ2) is 12.5. The van der Waals surface area contributed by atoms with Crippen molar-refractivity contribution < 1.29 is 4.74 Å². The van der Waals surface area contributed by atoms with Gasteiger partial charge in [0.1, 0.15) is 12.4 Å². The van der Waals surface area contributed by atoms with Gasteiger partial charge in [-0.2, -0.15) is 0 Å². The molecule has 156 valence electrons. The van der Waals surface area contributed by atoms with Gasteiger partial charge in [-0.05, 0) is 38.0 Å². The fourth-order valence-electron chi connectivity index (χ4n) is 2.45. The van der Waals surface area contributed by atoms with E-state index in [0.717, 1.165) is 30.2 Å². The molecule has 0 spiro atoms. The molecule has 0 saturated carbocycles. The molecule has 1 atom stereocenters. The van der Waals surface area contributed by atoms with Crippen LogP contribution in [-0.2, 0) is 18.3 Å². The zero-order valence-electron chi connectivity index (χ0n) is 16.5. The van der Waals surface area contributed by atoms with Gasteiger partial charge >= 0.3 is 0 Å². The van der Waals surface area contributed by atoms with E-state index >= 15 is 0 Å². The maximum atomic E-state index is 6.33. The highest BCUT2D eigenvalue weighted by atomic mass is 127. The highest BCUT2D eigenvalue weighted by Crippen LogP contribution is 2.26. The van der Waals surface area contributed by atoms with Crippen molar-refractivity contribution in [1.82, 2.24) is 25.4 Å². The maximum absolute atomic E-state index is 6.33. The van der Waals surface area contributed by atoms with E-state index < -0.39 is 0 Å². The zero-order valence-corrected chi connectivity index (χ0v) is 20.3. The van der Waals surface area contributed by atoms with Gasteiger partial charge < -0.3 is 19.9 Å². The first-order chi connectivity index (χ1) is 12.9. The number of nitrogens with one attached hydrogen (secondary N) is 2. The van der Waals surface area contributed by atoms with Crippen LogP contribution in [0.25, 0.3) is 0 Å². The van der Waals surface area contributed by atoms with Gasteiger partial charge in [0.15, 0.2) is 11.8 Å². The summed E-state index contributed by atoms with van der Waals surface area (Å²) in [5.41, 5.74) is 0.946. The fraction of sp³-hybridized carbons (Fsp3) is 0.500. The minimum absolute atomic E-state index is 0. The average Bonchev–Trinajstić information content (AvgIpc) is 2.94. The zero-order chi connectivity index (χ0) is 19.8. The van der Waals surface area contributed by atoms with Crippen LogP contribution < -0.4 is 10.6 Å². The van der Waals surface area contributed by atoms with Crippen molar-refractivity contribution in [2.45, 2.75) is 32.9 Å². The molecule has 1 aromatic carbocycles. The van der Waals surface area contributed by atoms with Gasteiger partial charge in [0, 0.05) is 37.4 Å². The Balaban J connectivity index is 0.00000392. The normalized spacial score (nSPS) is 12.4. The van der Waals surface area contributed by atoms with Crippen LogP contribution in [0.2, 0.25) is 10.0 Å². The van der Waals surface area contributed by atoms with Crippen molar-refractivity contribution in [3.63, 3.8) is 0 Å². The van der Waals surface area contributed by atoms with Gasteiger partial charge in [0.25, 0.3) is 0 Å². The van der Waals surface area contributed by atoms with Gasteiger partial charge in [-0.15, -0.1) is 34.2 Å². The first kappa shape index (κ1) is 24.9. The van der Waals surface area contributed by atoms with Crippen molar-refractivity contribution >= 4 is 53.1 Å². The average molecular weight is 541 g/mol. The Morgan fingerprint density at radius 2 is 2.07 bits per heavy atom. The summed E-state index contributed by atoms with van der Waals surface area (Å²) in [6.45, 7) is 5.76. The predicted molar refractivity (Wildman–Crippen MR) is 125 cm³/mol. The summed E-state index contributed by atoms with van der Waals surface area (Å²) in [7, 11) is 3.61. The largest absolute Gasteiger partial charge is 0.385 e. The molecule has 7 nitrogen and oxygen atoms in total. The van der Waals surface area contributed by atoms with E-state index in [2.05, 4.69) is 25.8 Å². The van der Waals surface area contributed by atoms with E-state index in [9.17, 15) is 0 Å². The maximum Gasteiger partial charge on any atom is 0.192 e. The molecule has 0 bridgehead atoms. The highest BCUT2D eigenvalue weighted by molar-refractivity contribution is 14.0. The molecule has 0 aliphatic carbocycles. The second-order valence-electron chi connectivity index (χ2n) is 6.19. The van der Waals surface area contributed by atoms with Crippen LogP contribution in [-0.4, -0.2) is 41.0 Å². The Morgan fingerprint density at radius 1 is 1.32 bits per heavy atom. The number of aryl methyl sites for hydroxylation is 1. The number of ether oxygens (including phenoxy) is 1. The van der Waals surface area contributed by atoms with Gasteiger partial charge in [0.2, 0.25) is 0 Å². The molecular formula is C18H27Cl2IN6O. The Bertz CT molecular complexity index is 783. The van der Waals surface area contributed by atoms with Crippen molar-refractivity contribution in [3.8, 4) is 0 Å². The summed E-state index contributed by atoms with van der Waals surface area (Å²) in [6, 6.07) is 5.43. The molecule has 0 aliphatic heterocycles. The SMILES string of the molecule is COCCCNC(=NCc1nnc(C)n1C)NC(C)c1ccc(Cl)cc1Cl.I. The number of hydrogen-bond acceptors (Lipinski definition) is 4. The third-order valence-corrected chi connectivity index (χ3v) is 4.72. The van der Waals surface area contributed by atoms with Crippen LogP contribution in [0, 0.1) is 6.92 Å². The Hall–Kier alpha value is -1.10. The third kappa shape index (κ3) is 7.38. The Labute approximate surface area is 193 Å². The quantitative estimate of drug-likeness (QED) is 0.230. The summed E-state index contributed by atoms with van der Waals surface area (Å²) < 4.78 is 7.02. The predicted octanol–water partition coefficient (Wildman–Crippen LogP) is 3.88. The number of aliphatic imine (C=N–C) groups is 1. The molecule has 0 fully saturated rings. The molecule has 1 aromatic heterocycles. The van der Waals surface area contributed by atoms with E-state index in [0.29, 0.717) is 29.2 Å². The number of hydrogen-bond donors (Lipinski definition) is 2. The van der Waals surface area contributed by atoms with Gasteiger partial charge in [0.05, 0.1) is 6.04 Å². The van der Waals surface area contributed by atoms with Crippen LogP contribution in [0.4, 0.5) is 0 Å². The lowest BCUT2D eigenvalue weighted by Crippen LogP contribution is -2.39. The highest BCUT2D eigenvalue weighted by Gasteiger charge is 2.12. The minimum Gasteiger partial charge on any atom is -0.385 e. The monoisotopic (exact) mass is 540 g/mol. The molecular weight excluding hydrogens is 514 g/mol. The van der Waals surface area contributed by atoms with Gasteiger partial charge in [-0.3, -0.25) is 0 Å². The number of rotatable bonds is 8. The summed E-state index contributed by atoms with van der Waals surface area (Å²) in [5, 5.41) is 16.1. The summed E-state index contributed by atoms with van der Waals surface area (Å²) in [4.78, 5) is 4.64. The van der Waals surface area contributed by atoms with E-state index in [1.807, 2.05) is 37.6 Å². The van der Waals surface area contributed by atoms with Gasteiger partial charge in [-0.25, -0.2) is 4.99 Å². The molecule has 0 aliphatic rings. The summed E-state index contributed by atoms with van der Waals surface area (Å²) in [6.07, 6.45) is 0.871. The van der Waals surface area contributed by atoms with E-state index in [4.69, 9.17) is 27.9 Å². The topological polar surface area (TPSA) is 76.4 Å². The number of nitrogens with zero attached hydrogens (tertiary/aromatic N) is 4. The first-order valence-electron chi connectivity index (χ1n) is 8.76.